The van der Waals surface area contributed by atoms with E-state index < -0.39 is 29.9 Å². The van der Waals surface area contributed by atoms with Crippen LogP contribution in [0, 0.1) is 35.3 Å². The van der Waals surface area contributed by atoms with Crippen LogP contribution in [0.5, 0.6) is 0 Å². The first-order valence-corrected chi connectivity index (χ1v) is 10.7. The lowest BCUT2D eigenvalue weighted by Gasteiger charge is -2.39. The third-order valence-electron chi connectivity index (χ3n) is 7.05. The van der Waals surface area contributed by atoms with Crippen molar-refractivity contribution in [2.75, 3.05) is 0 Å². The SMILES string of the molecule is CCCC1CCC(C2CCC(C(F)(F)Cc3ccc(F)c(F)c3)CC2)CC1. The summed E-state index contributed by atoms with van der Waals surface area (Å²) in [6, 6.07) is 3.11. The van der Waals surface area contributed by atoms with E-state index in [1.54, 1.807) is 0 Å². The second kappa shape index (κ2) is 8.96. The van der Waals surface area contributed by atoms with Gasteiger partial charge in [0.05, 0.1) is 0 Å². The van der Waals surface area contributed by atoms with Crippen LogP contribution in [0.15, 0.2) is 18.2 Å². The van der Waals surface area contributed by atoms with Crippen molar-refractivity contribution in [1.29, 1.82) is 0 Å². The Morgan fingerprint density at radius 2 is 1.44 bits per heavy atom. The lowest BCUT2D eigenvalue weighted by atomic mass is 9.67. The van der Waals surface area contributed by atoms with Crippen LogP contribution in [-0.2, 0) is 6.42 Å². The summed E-state index contributed by atoms with van der Waals surface area (Å²) in [7, 11) is 0. The van der Waals surface area contributed by atoms with Crippen LogP contribution in [0.25, 0.3) is 0 Å². The van der Waals surface area contributed by atoms with Crippen molar-refractivity contribution >= 4 is 0 Å². The molecule has 2 fully saturated rings. The molecule has 0 radical (unpaired) electrons. The van der Waals surface area contributed by atoms with Gasteiger partial charge in [-0.2, -0.15) is 0 Å². The van der Waals surface area contributed by atoms with E-state index >= 15 is 0 Å². The molecule has 0 unspecified atom stereocenters. The van der Waals surface area contributed by atoms with Crippen LogP contribution >= 0.6 is 0 Å². The summed E-state index contributed by atoms with van der Waals surface area (Å²) < 4.78 is 55.8. The highest BCUT2D eigenvalue weighted by Gasteiger charge is 2.42. The summed E-state index contributed by atoms with van der Waals surface area (Å²) in [5.41, 5.74) is 0.176. The van der Waals surface area contributed by atoms with E-state index in [9.17, 15) is 17.6 Å². The predicted octanol–water partition coefficient (Wildman–Crippen LogP) is 7.56. The Morgan fingerprint density at radius 1 is 0.852 bits per heavy atom. The topological polar surface area (TPSA) is 0 Å². The summed E-state index contributed by atoms with van der Waals surface area (Å²) in [6.07, 6.45) is 10.1. The van der Waals surface area contributed by atoms with Crippen LogP contribution < -0.4 is 0 Å². The molecule has 27 heavy (non-hydrogen) atoms. The summed E-state index contributed by atoms with van der Waals surface area (Å²) in [5, 5.41) is 0. The summed E-state index contributed by atoms with van der Waals surface area (Å²) in [4.78, 5) is 0. The third kappa shape index (κ3) is 5.26. The van der Waals surface area contributed by atoms with E-state index in [0.717, 1.165) is 36.8 Å². The molecule has 0 N–H and O–H groups in total. The molecule has 0 bridgehead atoms. The van der Waals surface area contributed by atoms with Gasteiger partial charge in [0.25, 0.3) is 5.92 Å². The molecule has 0 saturated heterocycles. The Kier molecular flexibility index (Phi) is 6.86. The monoisotopic (exact) mass is 384 g/mol. The molecular formula is C23H32F4. The second-order valence-corrected chi connectivity index (χ2v) is 8.87. The first-order valence-electron chi connectivity index (χ1n) is 10.7. The first-order chi connectivity index (χ1) is 12.9. The molecule has 3 rings (SSSR count). The van der Waals surface area contributed by atoms with Gasteiger partial charge in [-0.15, -0.1) is 0 Å². The van der Waals surface area contributed by atoms with Crippen molar-refractivity contribution in [1.82, 2.24) is 0 Å². The normalized spacial score (nSPS) is 29.7. The van der Waals surface area contributed by atoms with Gasteiger partial charge in [0.15, 0.2) is 11.6 Å². The highest BCUT2D eigenvalue weighted by Crippen LogP contribution is 2.46. The van der Waals surface area contributed by atoms with Gasteiger partial charge >= 0.3 is 0 Å². The van der Waals surface area contributed by atoms with Gasteiger partial charge in [-0.25, -0.2) is 17.6 Å². The molecule has 152 valence electrons. The molecule has 2 saturated carbocycles. The number of hydrogen-bond donors (Lipinski definition) is 0. The fourth-order valence-corrected chi connectivity index (χ4v) is 5.44. The molecule has 0 spiro atoms. The minimum absolute atomic E-state index is 0.176. The number of hydrogen-bond acceptors (Lipinski definition) is 0. The van der Waals surface area contributed by atoms with Crippen LogP contribution in [0.3, 0.4) is 0 Å². The average Bonchev–Trinajstić information content (AvgIpc) is 2.66. The zero-order valence-electron chi connectivity index (χ0n) is 16.3. The molecule has 0 aromatic heterocycles. The van der Waals surface area contributed by atoms with Crippen LogP contribution in [-0.4, -0.2) is 5.92 Å². The minimum atomic E-state index is -2.85. The Labute approximate surface area is 160 Å². The molecule has 1 aromatic carbocycles. The standard InChI is InChI=1S/C23H32F4/c1-2-3-16-4-7-18(8-5-16)19-9-11-20(12-10-19)23(26,27)15-17-6-13-21(24)22(25)14-17/h6,13-14,16,18-20H,2-5,7-12,15H2,1H3. The fourth-order valence-electron chi connectivity index (χ4n) is 5.44. The molecule has 4 heteroatoms. The van der Waals surface area contributed by atoms with E-state index in [2.05, 4.69) is 6.92 Å². The fraction of sp³-hybridized carbons (Fsp3) is 0.739. The highest BCUT2D eigenvalue weighted by atomic mass is 19.3. The first kappa shape index (κ1) is 20.7. The molecule has 0 aliphatic heterocycles. The minimum Gasteiger partial charge on any atom is -0.206 e. The number of rotatable bonds is 6. The Bertz CT molecular complexity index is 596. The smallest absolute Gasteiger partial charge is 0.206 e. The Morgan fingerprint density at radius 3 is 2.00 bits per heavy atom. The van der Waals surface area contributed by atoms with Crippen molar-refractivity contribution < 1.29 is 17.6 Å². The van der Waals surface area contributed by atoms with E-state index in [-0.39, 0.29) is 5.56 Å². The van der Waals surface area contributed by atoms with Crippen molar-refractivity contribution in [2.24, 2.45) is 23.7 Å². The molecule has 0 atom stereocenters. The average molecular weight is 385 g/mol. The lowest BCUT2D eigenvalue weighted by Crippen LogP contribution is -2.35. The summed E-state index contributed by atoms with van der Waals surface area (Å²) >= 11 is 0. The van der Waals surface area contributed by atoms with E-state index in [1.165, 1.54) is 44.6 Å². The van der Waals surface area contributed by atoms with Gasteiger partial charge in [-0.1, -0.05) is 38.7 Å². The maximum Gasteiger partial charge on any atom is 0.254 e. The van der Waals surface area contributed by atoms with Gasteiger partial charge in [0.2, 0.25) is 0 Å². The predicted molar refractivity (Wildman–Crippen MR) is 101 cm³/mol. The van der Waals surface area contributed by atoms with Gasteiger partial charge < -0.3 is 0 Å². The molecule has 0 amide bonds. The Hall–Kier alpha value is -1.06. The van der Waals surface area contributed by atoms with E-state index in [1.807, 2.05) is 0 Å². The third-order valence-corrected chi connectivity index (χ3v) is 7.05. The van der Waals surface area contributed by atoms with Gasteiger partial charge in [-0.3, -0.25) is 0 Å². The zero-order valence-corrected chi connectivity index (χ0v) is 16.3. The van der Waals surface area contributed by atoms with Gasteiger partial charge in [-0.05, 0) is 74.0 Å². The van der Waals surface area contributed by atoms with Crippen molar-refractivity contribution in [3.63, 3.8) is 0 Å². The van der Waals surface area contributed by atoms with E-state index in [0.29, 0.717) is 18.8 Å². The maximum atomic E-state index is 14.7. The number of halogens is 4. The zero-order chi connectivity index (χ0) is 19.4. The van der Waals surface area contributed by atoms with Crippen molar-refractivity contribution in [2.45, 2.75) is 83.5 Å². The van der Waals surface area contributed by atoms with Crippen LogP contribution in [0.2, 0.25) is 0 Å². The molecule has 2 aliphatic carbocycles. The van der Waals surface area contributed by atoms with E-state index in [4.69, 9.17) is 0 Å². The van der Waals surface area contributed by atoms with Crippen LogP contribution in [0.1, 0.15) is 76.7 Å². The molecular weight excluding hydrogens is 352 g/mol. The number of alkyl halides is 2. The Balaban J connectivity index is 1.50. The summed E-state index contributed by atoms with van der Waals surface area (Å²) in [6.45, 7) is 2.24. The molecule has 2 aliphatic rings. The lowest BCUT2D eigenvalue weighted by molar-refractivity contribution is -0.0777. The largest absolute Gasteiger partial charge is 0.254 e. The molecule has 0 heterocycles. The molecule has 1 aromatic rings. The maximum absolute atomic E-state index is 14.7. The van der Waals surface area contributed by atoms with Crippen molar-refractivity contribution in [3.8, 4) is 0 Å². The summed E-state index contributed by atoms with van der Waals surface area (Å²) in [5.74, 6) is -3.33. The van der Waals surface area contributed by atoms with Gasteiger partial charge in [0, 0.05) is 12.3 Å². The van der Waals surface area contributed by atoms with Crippen LogP contribution in [0.4, 0.5) is 17.6 Å². The quantitative estimate of drug-likeness (QED) is 0.444. The highest BCUT2D eigenvalue weighted by molar-refractivity contribution is 5.19. The van der Waals surface area contributed by atoms with Gasteiger partial charge in [0.1, 0.15) is 0 Å². The second-order valence-electron chi connectivity index (χ2n) is 8.87. The molecule has 0 nitrogen and oxygen atoms in total. The van der Waals surface area contributed by atoms with Crippen molar-refractivity contribution in [3.05, 3.63) is 35.4 Å². The number of benzene rings is 1.